The number of benzene rings is 1. The number of phenols is 1. The van der Waals surface area contributed by atoms with Crippen LogP contribution in [0.25, 0.3) is 0 Å². The number of aliphatic hydroxyl groups excluding tert-OH is 2. The van der Waals surface area contributed by atoms with E-state index in [-0.39, 0.29) is 61.4 Å². The standard InChI is InChI=1S/C27H29N3O10/c1-29(2)19-14-10-11-9-13-12(20(32)26(38)30-5-7-40-8-6-30)3-4-15(31)17(13)21(33)16(11)23(35)27(14,39)24(36)18(22(19)34)25(28)37/h3-4,11,14,19,31,34-35,39H,5-10H2,1-2H3,(H2,28,37)/t11-,14+,19?,27?/m0/s1. The van der Waals surface area contributed by atoms with Gasteiger partial charge in [-0.3, -0.25) is 28.9 Å². The van der Waals surface area contributed by atoms with Crippen LogP contribution in [-0.4, -0.2) is 111 Å². The van der Waals surface area contributed by atoms with Gasteiger partial charge in [0.1, 0.15) is 22.8 Å². The third-order valence-electron chi connectivity index (χ3n) is 8.34. The van der Waals surface area contributed by atoms with Crippen LogP contribution in [0.2, 0.25) is 0 Å². The summed E-state index contributed by atoms with van der Waals surface area (Å²) in [7, 11) is 3.05. The highest BCUT2D eigenvalue weighted by Gasteiger charge is 2.63. The van der Waals surface area contributed by atoms with Crippen LogP contribution in [0.15, 0.2) is 34.8 Å². The number of nitrogens with zero attached hydrogens (tertiary/aromatic N) is 2. The summed E-state index contributed by atoms with van der Waals surface area (Å²) in [6.07, 6.45) is -0.229. The van der Waals surface area contributed by atoms with Crippen molar-refractivity contribution in [2.75, 3.05) is 40.4 Å². The lowest BCUT2D eigenvalue weighted by molar-refractivity contribution is -0.148. The molecule has 2 unspecified atom stereocenters. The van der Waals surface area contributed by atoms with E-state index >= 15 is 0 Å². The molecule has 13 nitrogen and oxygen atoms in total. The highest BCUT2D eigenvalue weighted by atomic mass is 16.5. The van der Waals surface area contributed by atoms with E-state index in [1.165, 1.54) is 30.0 Å². The van der Waals surface area contributed by atoms with E-state index in [2.05, 4.69) is 0 Å². The molecule has 3 aliphatic carbocycles. The minimum absolute atomic E-state index is 0.0837. The SMILES string of the molecule is CN(C)C1C(O)=C(C(N)=O)C(=O)C2(O)C(O)=C3C(=O)c4c(O)ccc(C(=O)C(=O)N5CCOCC5)c4C[C@H]3C[C@H]12. The average molecular weight is 556 g/mol. The number of aliphatic hydroxyl groups is 3. The third kappa shape index (κ3) is 3.76. The van der Waals surface area contributed by atoms with E-state index in [1.807, 2.05) is 0 Å². The number of hydrogen-bond acceptors (Lipinski definition) is 11. The number of nitrogens with two attached hydrogens (primary N) is 1. The maximum absolute atomic E-state index is 13.8. The summed E-state index contributed by atoms with van der Waals surface area (Å²) in [5.41, 5.74) is 1.00. The lowest BCUT2D eigenvalue weighted by atomic mass is 9.58. The molecule has 1 aromatic rings. The van der Waals surface area contributed by atoms with Gasteiger partial charge in [-0.2, -0.15) is 0 Å². The number of likely N-dealkylation sites (N-methyl/N-ethyl adjacent to an activating group) is 1. The van der Waals surface area contributed by atoms with Gasteiger partial charge in [-0.05, 0) is 50.6 Å². The van der Waals surface area contributed by atoms with Crippen molar-refractivity contribution in [3.63, 3.8) is 0 Å². The fraction of sp³-hybridized carbons (Fsp3) is 0.444. The summed E-state index contributed by atoms with van der Waals surface area (Å²) in [6, 6.07) is 1.21. The first-order valence-corrected chi connectivity index (χ1v) is 12.7. The van der Waals surface area contributed by atoms with Gasteiger partial charge in [0.05, 0.1) is 24.8 Å². The molecule has 0 spiro atoms. The van der Waals surface area contributed by atoms with Gasteiger partial charge in [0.15, 0.2) is 11.4 Å². The summed E-state index contributed by atoms with van der Waals surface area (Å²) < 4.78 is 5.23. The Hall–Kier alpha value is -4.07. The minimum Gasteiger partial charge on any atom is -0.510 e. The highest BCUT2D eigenvalue weighted by Crippen LogP contribution is 2.52. The average Bonchev–Trinajstić information content (AvgIpc) is 2.90. The second kappa shape index (κ2) is 9.54. The Balaban J connectivity index is 1.64. The van der Waals surface area contributed by atoms with Gasteiger partial charge in [-0.25, -0.2) is 0 Å². The molecule has 6 N–H and O–H groups in total. The number of ether oxygens (including phenoxy) is 1. The molecule has 0 aromatic heterocycles. The van der Waals surface area contributed by atoms with Gasteiger partial charge in [-0.1, -0.05) is 0 Å². The zero-order valence-electron chi connectivity index (χ0n) is 21.8. The van der Waals surface area contributed by atoms with Gasteiger partial charge in [0.25, 0.3) is 17.6 Å². The number of phenolic OH excluding ortho intramolecular Hbond substituents is 1. The number of carbonyl (C=O) groups excluding carboxylic acids is 5. The first kappa shape index (κ1) is 27.5. The largest absolute Gasteiger partial charge is 0.510 e. The Bertz CT molecular complexity index is 1440. The number of fused-ring (bicyclic) bond motifs is 3. The van der Waals surface area contributed by atoms with Crippen molar-refractivity contribution in [3.05, 3.63) is 51.5 Å². The van der Waals surface area contributed by atoms with Gasteiger partial charge in [-0.15, -0.1) is 0 Å². The molecule has 2 amide bonds. The van der Waals surface area contributed by atoms with E-state index in [0.717, 1.165) is 6.07 Å². The van der Waals surface area contributed by atoms with Crippen LogP contribution in [-0.2, 0) is 25.5 Å². The smallest absolute Gasteiger partial charge is 0.295 e. The molecular weight excluding hydrogens is 526 g/mol. The first-order valence-electron chi connectivity index (χ1n) is 12.7. The topological polar surface area (TPSA) is 208 Å². The van der Waals surface area contributed by atoms with Crippen LogP contribution in [0.3, 0.4) is 0 Å². The molecule has 1 fully saturated rings. The van der Waals surface area contributed by atoms with Gasteiger partial charge < -0.3 is 35.8 Å². The number of amides is 2. The second-order valence-corrected chi connectivity index (χ2v) is 10.7. The molecule has 40 heavy (non-hydrogen) atoms. The first-order chi connectivity index (χ1) is 18.8. The predicted octanol–water partition coefficient (Wildman–Crippen LogP) is -0.838. The molecule has 1 aromatic carbocycles. The van der Waals surface area contributed by atoms with Crippen LogP contribution in [0.5, 0.6) is 5.75 Å². The third-order valence-corrected chi connectivity index (χ3v) is 8.34. The van der Waals surface area contributed by atoms with Crippen molar-refractivity contribution in [2.45, 2.75) is 24.5 Å². The number of allylic oxidation sites excluding steroid dienone is 1. The number of rotatable bonds is 4. The summed E-state index contributed by atoms with van der Waals surface area (Å²) in [5.74, 6) is -9.52. The number of morpholine rings is 1. The normalized spacial score (nSPS) is 28.3. The highest BCUT2D eigenvalue weighted by molar-refractivity contribution is 6.43. The zero-order chi connectivity index (χ0) is 29.3. The number of Topliss-reactive ketones (excluding diaryl/α,β-unsaturated/α-hetero) is 3. The number of ketones is 3. The molecule has 5 rings (SSSR count). The Morgan fingerprint density at radius 3 is 2.35 bits per heavy atom. The molecule has 4 aliphatic rings. The summed E-state index contributed by atoms with van der Waals surface area (Å²) in [5, 5.41) is 44.4. The Morgan fingerprint density at radius 1 is 1.10 bits per heavy atom. The predicted molar refractivity (Wildman–Crippen MR) is 135 cm³/mol. The van der Waals surface area contributed by atoms with E-state index in [0.29, 0.717) is 0 Å². The van der Waals surface area contributed by atoms with Crippen LogP contribution in [0.1, 0.15) is 32.7 Å². The molecule has 0 bridgehead atoms. The van der Waals surface area contributed by atoms with E-state index < -0.39 is 75.5 Å². The van der Waals surface area contributed by atoms with E-state index in [4.69, 9.17) is 10.5 Å². The van der Waals surface area contributed by atoms with Gasteiger partial charge >= 0.3 is 0 Å². The summed E-state index contributed by atoms with van der Waals surface area (Å²) >= 11 is 0. The Labute approximate surface area is 228 Å². The molecular formula is C27H29N3O10. The molecule has 1 aliphatic heterocycles. The molecule has 4 atom stereocenters. The van der Waals surface area contributed by atoms with Crippen LogP contribution in [0.4, 0.5) is 0 Å². The lowest BCUT2D eigenvalue weighted by Crippen LogP contribution is -2.63. The van der Waals surface area contributed by atoms with Crippen LogP contribution >= 0.6 is 0 Å². The van der Waals surface area contributed by atoms with Crippen LogP contribution in [0, 0.1) is 11.8 Å². The fourth-order valence-corrected chi connectivity index (χ4v) is 6.49. The van der Waals surface area contributed by atoms with Crippen molar-refractivity contribution >= 4 is 29.2 Å². The van der Waals surface area contributed by atoms with E-state index in [9.17, 15) is 44.4 Å². The monoisotopic (exact) mass is 555 g/mol. The quantitative estimate of drug-likeness (QED) is 0.176. The van der Waals surface area contributed by atoms with Crippen molar-refractivity contribution in [1.29, 1.82) is 0 Å². The number of carbonyl (C=O) groups is 5. The van der Waals surface area contributed by atoms with Crippen molar-refractivity contribution in [1.82, 2.24) is 9.80 Å². The van der Waals surface area contributed by atoms with Gasteiger partial charge in [0, 0.05) is 30.1 Å². The maximum atomic E-state index is 13.8. The molecule has 0 saturated carbocycles. The minimum atomic E-state index is -2.76. The van der Waals surface area contributed by atoms with Crippen LogP contribution < -0.4 is 5.73 Å². The molecule has 212 valence electrons. The second-order valence-electron chi connectivity index (χ2n) is 10.7. The lowest BCUT2D eigenvalue weighted by Gasteiger charge is -2.50. The molecule has 1 saturated heterocycles. The number of hydrogen-bond donors (Lipinski definition) is 5. The fourth-order valence-electron chi connectivity index (χ4n) is 6.49. The summed E-state index contributed by atoms with van der Waals surface area (Å²) in [4.78, 5) is 68.2. The van der Waals surface area contributed by atoms with Gasteiger partial charge in [0.2, 0.25) is 5.78 Å². The number of aromatic hydroxyl groups is 1. The van der Waals surface area contributed by atoms with Crippen molar-refractivity contribution in [3.8, 4) is 5.75 Å². The van der Waals surface area contributed by atoms with Crippen molar-refractivity contribution < 1.29 is 49.1 Å². The maximum Gasteiger partial charge on any atom is 0.295 e. The number of primary amides is 1. The molecule has 1 heterocycles. The molecule has 0 radical (unpaired) electrons. The zero-order valence-corrected chi connectivity index (χ0v) is 21.8. The Kier molecular flexibility index (Phi) is 6.56. The summed E-state index contributed by atoms with van der Waals surface area (Å²) in [6.45, 7) is 0.986. The molecule has 13 heteroatoms. The van der Waals surface area contributed by atoms with Crippen molar-refractivity contribution in [2.24, 2.45) is 17.6 Å². The van der Waals surface area contributed by atoms with E-state index in [1.54, 1.807) is 0 Å². The Morgan fingerprint density at radius 2 is 1.75 bits per heavy atom.